The number of pyridine rings is 1. The van der Waals surface area contributed by atoms with Crippen LogP contribution < -0.4 is 15.0 Å². The number of nitrogens with one attached hydrogen (secondary N) is 1. The maximum Gasteiger partial charge on any atom is 0.325 e. The van der Waals surface area contributed by atoms with Crippen LogP contribution >= 0.6 is 0 Å². The van der Waals surface area contributed by atoms with Crippen LogP contribution in [0.3, 0.4) is 0 Å². The second-order valence-corrected chi connectivity index (χ2v) is 10.3. The minimum atomic E-state index is -1.21. The number of urea groups is 1. The SMILES string of the molecule is COc1ccc(CN2C(=O)N[C@](C)(c3ccc(C(=O)N4CCN(c5ncc(C)cc5C)CC4)cc3)C2=O)cc1. The molecule has 2 aromatic carbocycles. The first-order valence-electron chi connectivity index (χ1n) is 13.0. The molecule has 0 saturated carbocycles. The van der Waals surface area contributed by atoms with Crippen LogP contribution in [0.2, 0.25) is 0 Å². The summed E-state index contributed by atoms with van der Waals surface area (Å²) >= 11 is 0. The number of aromatic nitrogens is 1. The number of hydrogen-bond acceptors (Lipinski definition) is 6. The Balaban J connectivity index is 1.23. The van der Waals surface area contributed by atoms with E-state index in [4.69, 9.17) is 4.74 Å². The van der Waals surface area contributed by atoms with Gasteiger partial charge in [0.1, 0.15) is 17.1 Å². The monoisotopic (exact) mass is 527 g/mol. The Bertz CT molecular complexity index is 1400. The molecule has 3 aromatic rings. The van der Waals surface area contributed by atoms with Gasteiger partial charge in [0.15, 0.2) is 0 Å². The topological polar surface area (TPSA) is 95.1 Å². The first kappa shape index (κ1) is 26.2. The molecule has 1 atom stereocenters. The fourth-order valence-corrected chi connectivity index (χ4v) is 5.24. The summed E-state index contributed by atoms with van der Waals surface area (Å²) in [5, 5.41) is 2.84. The molecule has 0 spiro atoms. The van der Waals surface area contributed by atoms with Crippen molar-refractivity contribution in [2.24, 2.45) is 0 Å². The van der Waals surface area contributed by atoms with Crippen LogP contribution in [0.15, 0.2) is 60.8 Å². The van der Waals surface area contributed by atoms with Gasteiger partial charge in [-0.1, -0.05) is 30.3 Å². The number of benzene rings is 2. The number of anilines is 1. The quantitative estimate of drug-likeness (QED) is 0.492. The molecule has 5 rings (SSSR count). The van der Waals surface area contributed by atoms with Crippen molar-refractivity contribution in [3.05, 3.63) is 88.6 Å². The second kappa shape index (κ2) is 10.4. The van der Waals surface area contributed by atoms with E-state index in [-0.39, 0.29) is 18.4 Å². The average molecular weight is 528 g/mol. The third-order valence-corrected chi connectivity index (χ3v) is 7.54. The van der Waals surface area contributed by atoms with E-state index in [1.165, 1.54) is 4.90 Å². The van der Waals surface area contributed by atoms with Gasteiger partial charge in [0.2, 0.25) is 0 Å². The predicted molar refractivity (Wildman–Crippen MR) is 148 cm³/mol. The Morgan fingerprint density at radius 2 is 1.67 bits per heavy atom. The molecule has 2 aliphatic heterocycles. The summed E-state index contributed by atoms with van der Waals surface area (Å²) in [6.45, 7) is 8.56. The molecule has 1 aromatic heterocycles. The smallest absolute Gasteiger partial charge is 0.325 e. The van der Waals surface area contributed by atoms with Gasteiger partial charge >= 0.3 is 6.03 Å². The number of ether oxygens (including phenoxy) is 1. The zero-order chi connectivity index (χ0) is 27.7. The maximum atomic E-state index is 13.4. The summed E-state index contributed by atoms with van der Waals surface area (Å²) in [7, 11) is 1.59. The van der Waals surface area contributed by atoms with E-state index in [0.29, 0.717) is 43.1 Å². The first-order valence-corrected chi connectivity index (χ1v) is 13.0. The zero-order valence-corrected chi connectivity index (χ0v) is 22.7. The van der Waals surface area contributed by atoms with Crippen LogP contribution in [0, 0.1) is 13.8 Å². The molecule has 0 unspecified atom stereocenters. The van der Waals surface area contributed by atoms with Crippen molar-refractivity contribution >= 4 is 23.7 Å². The average Bonchev–Trinajstić information content (AvgIpc) is 3.17. The number of piperazine rings is 1. The lowest BCUT2D eigenvalue weighted by Gasteiger charge is -2.36. The summed E-state index contributed by atoms with van der Waals surface area (Å²) in [5.74, 6) is 1.28. The summed E-state index contributed by atoms with van der Waals surface area (Å²) in [5.41, 5.74) is 3.04. The lowest BCUT2D eigenvalue weighted by Crippen LogP contribution is -2.49. The van der Waals surface area contributed by atoms with Crippen molar-refractivity contribution in [1.82, 2.24) is 20.1 Å². The highest BCUT2D eigenvalue weighted by Crippen LogP contribution is 2.30. The van der Waals surface area contributed by atoms with E-state index in [9.17, 15) is 14.4 Å². The minimum Gasteiger partial charge on any atom is -0.497 e. The van der Waals surface area contributed by atoms with Gasteiger partial charge in [-0.3, -0.25) is 14.5 Å². The number of rotatable bonds is 6. The van der Waals surface area contributed by atoms with Crippen molar-refractivity contribution in [2.45, 2.75) is 32.9 Å². The van der Waals surface area contributed by atoms with Crippen LogP contribution in [0.5, 0.6) is 5.75 Å². The van der Waals surface area contributed by atoms with E-state index in [1.54, 1.807) is 50.4 Å². The Kier molecular flexibility index (Phi) is 6.99. The molecule has 202 valence electrons. The number of aryl methyl sites for hydroxylation is 2. The van der Waals surface area contributed by atoms with Gasteiger partial charge in [0, 0.05) is 37.9 Å². The lowest BCUT2D eigenvalue weighted by molar-refractivity contribution is -0.131. The second-order valence-electron chi connectivity index (χ2n) is 10.3. The number of imide groups is 1. The van der Waals surface area contributed by atoms with Crippen LogP contribution in [0.1, 0.15) is 39.5 Å². The molecule has 2 fully saturated rings. The van der Waals surface area contributed by atoms with Gasteiger partial charge in [-0.15, -0.1) is 0 Å². The Morgan fingerprint density at radius 3 is 2.28 bits per heavy atom. The molecule has 0 bridgehead atoms. The van der Waals surface area contributed by atoms with Crippen molar-refractivity contribution < 1.29 is 19.1 Å². The van der Waals surface area contributed by atoms with Crippen molar-refractivity contribution in [3.63, 3.8) is 0 Å². The molecular formula is C30H33N5O4. The van der Waals surface area contributed by atoms with E-state index in [0.717, 1.165) is 22.5 Å². The normalized spacial score (nSPS) is 19.3. The molecular weight excluding hydrogens is 494 g/mol. The summed E-state index contributed by atoms with van der Waals surface area (Å²) in [4.78, 5) is 49.2. The van der Waals surface area contributed by atoms with Crippen LogP contribution in [0.4, 0.5) is 10.6 Å². The fraction of sp³-hybridized carbons (Fsp3) is 0.333. The van der Waals surface area contributed by atoms with Gasteiger partial charge in [0.05, 0.1) is 13.7 Å². The third kappa shape index (κ3) is 5.04. The Labute approximate surface area is 228 Å². The predicted octanol–water partition coefficient (Wildman–Crippen LogP) is 3.64. The number of hydrogen-bond donors (Lipinski definition) is 1. The molecule has 0 aliphatic carbocycles. The first-order chi connectivity index (χ1) is 18.7. The Hall–Kier alpha value is -4.40. The molecule has 3 heterocycles. The molecule has 1 N–H and O–H groups in total. The van der Waals surface area contributed by atoms with Gasteiger partial charge in [-0.05, 0) is 67.3 Å². The van der Waals surface area contributed by atoms with E-state index in [2.05, 4.69) is 28.2 Å². The number of carbonyl (C=O) groups is 3. The number of methoxy groups -OCH3 is 1. The highest BCUT2D eigenvalue weighted by atomic mass is 16.5. The maximum absolute atomic E-state index is 13.4. The molecule has 2 aliphatic rings. The van der Waals surface area contributed by atoms with Gasteiger partial charge in [0.25, 0.3) is 11.8 Å². The highest BCUT2D eigenvalue weighted by Gasteiger charge is 2.48. The number of carbonyl (C=O) groups excluding carboxylic acids is 3. The molecule has 39 heavy (non-hydrogen) atoms. The van der Waals surface area contributed by atoms with Gasteiger partial charge < -0.3 is 19.9 Å². The van der Waals surface area contributed by atoms with Crippen molar-refractivity contribution in [2.75, 3.05) is 38.2 Å². The molecule has 9 nitrogen and oxygen atoms in total. The minimum absolute atomic E-state index is 0.0529. The van der Waals surface area contributed by atoms with Crippen molar-refractivity contribution in [3.8, 4) is 5.75 Å². The molecule has 2 saturated heterocycles. The van der Waals surface area contributed by atoms with E-state index >= 15 is 0 Å². The third-order valence-electron chi connectivity index (χ3n) is 7.54. The summed E-state index contributed by atoms with van der Waals surface area (Å²) < 4.78 is 5.18. The highest BCUT2D eigenvalue weighted by molar-refractivity contribution is 6.07. The largest absolute Gasteiger partial charge is 0.497 e. The van der Waals surface area contributed by atoms with Crippen LogP contribution in [-0.4, -0.2) is 65.9 Å². The number of amides is 4. The van der Waals surface area contributed by atoms with Gasteiger partial charge in [-0.2, -0.15) is 0 Å². The fourth-order valence-electron chi connectivity index (χ4n) is 5.24. The summed E-state index contributed by atoms with van der Waals surface area (Å²) in [6.07, 6.45) is 1.87. The summed E-state index contributed by atoms with van der Waals surface area (Å²) in [6, 6.07) is 15.9. The van der Waals surface area contributed by atoms with Crippen molar-refractivity contribution in [1.29, 1.82) is 0 Å². The lowest BCUT2D eigenvalue weighted by atomic mass is 9.91. The zero-order valence-electron chi connectivity index (χ0n) is 22.7. The van der Waals surface area contributed by atoms with E-state index < -0.39 is 11.6 Å². The molecule has 9 heteroatoms. The van der Waals surface area contributed by atoms with E-state index in [1.807, 2.05) is 30.2 Å². The van der Waals surface area contributed by atoms with Crippen LogP contribution in [0.25, 0.3) is 0 Å². The number of nitrogens with zero attached hydrogens (tertiary/aromatic N) is 4. The molecule has 4 amide bonds. The van der Waals surface area contributed by atoms with Crippen LogP contribution in [-0.2, 0) is 16.9 Å². The molecule has 0 radical (unpaired) electrons. The standard InChI is InChI=1S/C30H33N5O4/c1-20-17-21(2)26(31-18-20)33-13-15-34(16-14-33)27(36)23-7-9-24(10-8-23)30(3)28(37)35(29(38)32-30)19-22-5-11-25(39-4)12-6-22/h5-12,17-18H,13-16,19H2,1-4H3,(H,32,38)/t30-/m1/s1. The Morgan fingerprint density at radius 1 is 1.00 bits per heavy atom. The van der Waals surface area contributed by atoms with Gasteiger partial charge in [-0.25, -0.2) is 9.78 Å².